The van der Waals surface area contributed by atoms with Crippen LogP contribution in [0, 0.1) is 5.82 Å². The van der Waals surface area contributed by atoms with E-state index in [0.717, 1.165) is 22.4 Å². The first kappa shape index (κ1) is 29.1. The first-order valence-corrected chi connectivity index (χ1v) is 10.2. The molecule has 1 aromatic carbocycles. The Hall–Kier alpha value is -4.17. The van der Waals surface area contributed by atoms with Crippen LogP contribution in [0.25, 0.3) is 0 Å². The number of carbonyl (C=O) groups is 1. The minimum absolute atomic E-state index is 0.0783. The molecule has 0 bridgehead atoms. The molecule has 3 rings (SSSR count). The van der Waals surface area contributed by atoms with Gasteiger partial charge in [0.25, 0.3) is 5.88 Å². The highest BCUT2D eigenvalue weighted by Gasteiger charge is 2.38. The van der Waals surface area contributed by atoms with Gasteiger partial charge in [-0.3, -0.25) is 4.57 Å². The summed E-state index contributed by atoms with van der Waals surface area (Å²) in [4.78, 5) is 27.5. The molecule has 0 atom stereocenters. The summed E-state index contributed by atoms with van der Waals surface area (Å²) in [6.07, 6.45) is -8.21. The Morgan fingerprint density at radius 1 is 1.03 bits per heavy atom. The van der Waals surface area contributed by atoms with Crippen molar-refractivity contribution in [3.63, 3.8) is 0 Å². The van der Waals surface area contributed by atoms with Crippen molar-refractivity contribution >= 4 is 5.97 Å². The van der Waals surface area contributed by atoms with Gasteiger partial charge in [-0.15, -0.1) is 0 Å². The molecule has 1 N–H and O–H groups in total. The number of benzene rings is 1. The average molecular weight is 537 g/mol. The van der Waals surface area contributed by atoms with Gasteiger partial charge < -0.3 is 14.6 Å². The lowest BCUT2D eigenvalue weighted by atomic mass is 10.1. The molecule has 0 unspecified atom stereocenters. The predicted octanol–water partition coefficient (Wildman–Crippen LogP) is 4.86. The second-order valence-electron chi connectivity index (χ2n) is 6.97. The van der Waals surface area contributed by atoms with E-state index >= 15 is 0 Å². The third-order valence-electron chi connectivity index (χ3n) is 4.29. The number of aliphatic carboxylic acids is 1. The average Bonchev–Trinajstić information content (AvgIpc) is 2.81. The van der Waals surface area contributed by atoms with Crippen LogP contribution in [0.15, 0.2) is 53.5 Å². The van der Waals surface area contributed by atoms with E-state index in [4.69, 9.17) is 19.4 Å². The lowest BCUT2D eigenvalue weighted by molar-refractivity contribution is -0.192. The lowest BCUT2D eigenvalue weighted by Gasteiger charge is -2.10. The lowest BCUT2D eigenvalue weighted by Crippen LogP contribution is -2.23. The molecule has 0 saturated heterocycles. The fourth-order valence-corrected chi connectivity index (χ4v) is 2.52. The van der Waals surface area contributed by atoms with Crippen LogP contribution in [-0.4, -0.2) is 38.4 Å². The van der Waals surface area contributed by atoms with Gasteiger partial charge in [-0.25, -0.2) is 14.6 Å². The summed E-state index contributed by atoms with van der Waals surface area (Å²) in [5, 5.41) is 7.12. The Bertz CT molecular complexity index is 1260. The predicted molar refractivity (Wildman–Crippen MR) is 113 cm³/mol. The van der Waals surface area contributed by atoms with E-state index in [2.05, 4.69) is 9.97 Å². The van der Waals surface area contributed by atoms with Gasteiger partial charge in [0.1, 0.15) is 11.4 Å². The molecule has 0 aliphatic rings. The zero-order valence-corrected chi connectivity index (χ0v) is 18.8. The minimum Gasteiger partial charge on any atom is -0.475 e. The van der Waals surface area contributed by atoms with Crippen molar-refractivity contribution in [2.24, 2.45) is 0 Å². The summed E-state index contributed by atoms with van der Waals surface area (Å²) < 4.78 is 95.5. The normalized spacial score (nSPS) is 11.4. The van der Waals surface area contributed by atoms with E-state index in [1.54, 1.807) is 31.2 Å². The summed E-state index contributed by atoms with van der Waals surface area (Å²) >= 11 is 0. The van der Waals surface area contributed by atoms with Crippen molar-refractivity contribution in [3.8, 4) is 17.5 Å². The molecule has 200 valence electrons. The number of carboxylic acid groups (broad SMARTS) is 1. The van der Waals surface area contributed by atoms with Crippen molar-refractivity contribution in [2.45, 2.75) is 32.2 Å². The molecule has 0 amide bonds. The number of hydrogen-bond acceptors (Lipinski definition) is 6. The van der Waals surface area contributed by atoms with Crippen molar-refractivity contribution in [1.82, 2.24) is 14.5 Å². The van der Waals surface area contributed by atoms with Gasteiger partial charge in [0.05, 0.1) is 12.8 Å². The van der Waals surface area contributed by atoms with Crippen LogP contribution in [0.4, 0.5) is 30.7 Å². The SMILES string of the molecule is CCn1cc(F)c(OCCc2ccc(Oc3cccc(C(F)(F)F)n3)cc2)nc1=O.O=C(O)C(F)(F)F. The number of nitrogens with zero attached hydrogens (tertiary/aromatic N) is 3. The molecule has 2 heterocycles. The van der Waals surface area contributed by atoms with E-state index in [-0.39, 0.29) is 18.4 Å². The van der Waals surface area contributed by atoms with Crippen LogP contribution in [0.1, 0.15) is 18.2 Å². The third kappa shape index (κ3) is 9.09. The Labute approximate surface area is 203 Å². The first-order valence-electron chi connectivity index (χ1n) is 10.2. The number of halogens is 7. The van der Waals surface area contributed by atoms with Crippen LogP contribution in [0.5, 0.6) is 17.5 Å². The monoisotopic (exact) mass is 537 g/mol. The van der Waals surface area contributed by atoms with Crippen LogP contribution in [0.2, 0.25) is 0 Å². The number of carboxylic acids is 1. The summed E-state index contributed by atoms with van der Waals surface area (Å²) in [5.74, 6) is -3.71. The fraction of sp³-hybridized carbons (Fsp3) is 0.273. The molecule has 2 aromatic heterocycles. The van der Waals surface area contributed by atoms with Crippen molar-refractivity contribution in [2.75, 3.05) is 6.61 Å². The molecule has 8 nitrogen and oxygen atoms in total. The van der Waals surface area contributed by atoms with E-state index in [1.165, 1.54) is 12.1 Å². The minimum atomic E-state index is -5.08. The van der Waals surface area contributed by atoms with Crippen molar-refractivity contribution in [1.29, 1.82) is 0 Å². The number of aromatic nitrogens is 3. The molecular formula is C22H18F7N3O5. The third-order valence-corrected chi connectivity index (χ3v) is 4.29. The topological polar surface area (TPSA) is 104 Å². The number of aryl methyl sites for hydroxylation is 1. The van der Waals surface area contributed by atoms with Crippen molar-refractivity contribution < 1.29 is 50.1 Å². The number of ether oxygens (including phenoxy) is 2. The number of alkyl halides is 6. The smallest absolute Gasteiger partial charge is 0.475 e. The summed E-state index contributed by atoms with van der Waals surface area (Å²) in [6, 6.07) is 9.90. The molecule has 0 saturated carbocycles. The Morgan fingerprint density at radius 2 is 1.65 bits per heavy atom. The molecular weight excluding hydrogens is 519 g/mol. The zero-order valence-electron chi connectivity index (χ0n) is 18.8. The van der Waals surface area contributed by atoms with Gasteiger partial charge in [-0.2, -0.15) is 35.7 Å². The van der Waals surface area contributed by atoms with Crippen LogP contribution >= 0.6 is 0 Å². The van der Waals surface area contributed by atoms with E-state index in [0.29, 0.717) is 18.7 Å². The maximum atomic E-state index is 13.9. The van der Waals surface area contributed by atoms with Gasteiger partial charge in [0.2, 0.25) is 11.7 Å². The van der Waals surface area contributed by atoms with Gasteiger partial charge >= 0.3 is 24.0 Å². The van der Waals surface area contributed by atoms with Gasteiger partial charge in [0.15, 0.2) is 0 Å². The standard InChI is InChI=1S/C20H17F4N3O3.C2HF3O2/c1-2-27-12-15(21)18(26-19(27)28)29-11-10-13-6-8-14(9-7-13)30-17-5-3-4-16(25-17)20(22,23)24;3-2(4,5)1(6)7/h3-9,12H,2,10-11H2,1H3;(H,6,7). The Kier molecular flexibility index (Phi) is 9.57. The van der Waals surface area contributed by atoms with Crippen LogP contribution in [0.3, 0.4) is 0 Å². The number of pyridine rings is 1. The van der Waals surface area contributed by atoms with E-state index < -0.39 is 35.5 Å². The quantitative estimate of drug-likeness (QED) is 0.430. The maximum Gasteiger partial charge on any atom is 0.490 e. The highest BCUT2D eigenvalue weighted by atomic mass is 19.4. The Morgan fingerprint density at radius 3 is 2.19 bits per heavy atom. The number of rotatable bonds is 7. The first-order chi connectivity index (χ1) is 17.2. The molecule has 0 spiro atoms. The molecule has 0 radical (unpaired) electrons. The van der Waals surface area contributed by atoms with Gasteiger partial charge in [-0.1, -0.05) is 18.2 Å². The van der Waals surface area contributed by atoms with E-state index in [9.17, 15) is 35.5 Å². The highest BCUT2D eigenvalue weighted by Crippen LogP contribution is 2.30. The summed E-state index contributed by atoms with van der Waals surface area (Å²) in [6.45, 7) is 2.07. The Balaban J connectivity index is 0.000000604. The van der Waals surface area contributed by atoms with Crippen LogP contribution in [-0.2, 0) is 23.9 Å². The van der Waals surface area contributed by atoms with Crippen LogP contribution < -0.4 is 15.2 Å². The maximum absolute atomic E-state index is 13.9. The zero-order chi connectivity index (χ0) is 27.8. The highest BCUT2D eigenvalue weighted by molar-refractivity contribution is 5.73. The molecule has 0 aliphatic heterocycles. The molecule has 0 fully saturated rings. The molecule has 0 aliphatic carbocycles. The fourth-order valence-electron chi connectivity index (χ4n) is 2.52. The largest absolute Gasteiger partial charge is 0.490 e. The second kappa shape index (κ2) is 12.2. The van der Waals surface area contributed by atoms with E-state index in [1.807, 2.05) is 0 Å². The van der Waals surface area contributed by atoms with Gasteiger partial charge in [-0.05, 0) is 30.7 Å². The molecule has 37 heavy (non-hydrogen) atoms. The molecule has 15 heteroatoms. The summed E-state index contributed by atoms with van der Waals surface area (Å²) in [5.41, 5.74) is -0.832. The van der Waals surface area contributed by atoms with Gasteiger partial charge in [0, 0.05) is 19.0 Å². The van der Waals surface area contributed by atoms with Crippen molar-refractivity contribution in [3.05, 3.63) is 76.2 Å². The molecule has 3 aromatic rings. The second-order valence-corrected chi connectivity index (χ2v) is 6.97. The number of hydrogen-bond donors (Lipinski definition) is 1. The summed E-state index contributed by atoms with van der Waals surface area (Å²) in [7, 11) is 0.